The minimum atomic E-state index is -0.287. The molecule has 1 aromatic heterocycles. The van der Waals surface area contributed by atoms with Crippen molar-refractivity contribution in [2.24, 2.45) is 4.99 Å². The number of hydrogen-bond donors (Lipinski definition) is 3. The van der Waals surface area contributed by atoms with E-state index in [1.54, 1.807) is 54.6 Å². The number of amidine groups is 1. The van der Waals surface area contributed by atoms with Gasteiger partial charge in [-0.1, -0.05) is 29.5 Å². The van der Waals surface area contributed by atoms with Gasteiger partial charge in [0.05, 0.1) is 4.91 Å². The fourth-order valence-corrected chi connectivity index (χ4v) is 3.90. The molecule has 7 nitrogen and oxygen atoms in total. The maximum absolute atomic E-state index is 12.1. The summed E-state index contributed by atoms with van der Waals surface area (Å²) in [5.74, 6) is -0.00528. The summed E-state index contributed by atoms with van der Waals surface area (Å²) in [5.41, 5.74) is 1.38. The number of phenolic OH excluding ortho intramolecular Hbond substituents is 2. The number of aliphatic imine (C=N–C) groups is 1. The van der Waals surface area contributed by atoms with Crippen molar-refractivity contribution in [2.75, 3.05) is 0 Å². The zero-order valence-electron chi connectivity index (χ0n) is 13.7. The van der Waals surface area contributed by atoms with Crippen LogP contribution >= 0.6 is 23.1 Å². The van der Waals surface area contributed by atoms with Crippen LogP contribution in [0.4, 0.5) is 5.13 Å². The maximum Gasteiger partial charge on any atom is 0.264 e. The van der Waals surface area contributed by atoms with Crippen LogP contribution in [-0.2, 0) is 4.79 Å². The first-order valence-corrected chi connectivity index (χ1v) is 9.42. The number of nitrogens with one attached hydrogen (secondary N) is 1. The van der Waals surface area contributed by atoms with E-state index < -0.39 is 0 Å². The zero-order chi connectivity index (χ0) is 18.8. The summed E-state index contributed by atoms with van der Waals surface area (Å²) in [7, 11) is 0. The number of nitrogens with zero attached hydrogens (tertiary/aromatic N) is 3. The van der Waals surface area contributed by atoms with Crippen LogP contribution in [0.2, 0.25) is 0 Å². The molecule has 0 saturated carbocycles. The summed E-state index contributed by atoms with van der Waals surface area (Å²) in [6, 6.07) is 13.4. The van der Waals surface area contributed by atoms with Crippen molar-refractivity contribution >= 4 is 45.4 Å². The van der Waals surface area contributed by atoms with Crippen LogP contribution in [0.25, 0.3) is 16.6 Å². The van der Waals surface area contributed by atoms with E-state index in [9.17, 15) is 15.0 Å². The zero-order valence-corrected chi connectivity index (χ0v) is 15.3. The van der Waals surface area contributed by atoms with Gasteiger partial charge in [0.2, 0.25) is 5.13 Å². The van der Waals surface area contributed by atoms with Gasteiger partial charge in [-0.05, 0) is 48.2 Å². The Labute approximate surface area is 162 Å². The highest BCUT2D eigenvalue weighted by molar-refractivity contribution is 8.18. The predicted octanol–water partition coefficient (Wildman–Crippen LogP) is 3.51. The Morgan fingerprint density at radius 2 is 1.81 bits per heavy atom. The Kier molecular flexibility index (Phi) is 4.61. The predicted molar refractivity (Wildman–Crippen MR) is 106 cm³/mol. The summed E-state index contributed by atoms with van der Waals surface area (Å²) in [5, 5.41) is 31.4. The average molecular weight is 396 g/mol. The van der Waals surface area contributed by atoms with Crippen molar-refractivity contribution in [1.82, 2.24) is 15.5 Å². The van der Waals surface area contributed by atoms with Crippen LogP contribution in [0.5, 0.6) is 11.5 Å². The number of carbonyl (C=O) groups excluding carboxylic acids is 1. The summed E-state index contributed by atoms with van der Waals surface area (Å²) < 4.78 is 0. The van der Waals surface area contributed by atoms with Crippen LogP contribution in [-0.4, -0.2) is 31.5 Å². The van der Waals surface area contributed by atoms with Gasteiger partial charge in [-0.15, -0.1) is 10.2 Å². The third kappa shape index (κ3) is 3.83. The lowest BCUT2D eigenvalue weighted by molar-refractivity contribution is -0.115. The van der Waals surface area contributed by atoms with Crippen LogP contribution in [0, 0.1) is 0 Å². The smallest absolute Gasteiger partial charge is 0.264 e. The molecule has 0 spiro atoms. The van der Waals surface area contributed by atoms with Gasteiger partial charge < -0.3 is 15.5 Å². The molecule has 9 heteroatoms. The highest BCUT2D eigenvalue weighted by Crippen LogP contribution is 2.33. The van der Waals surface area contributed by atoms with Crippen molar-refractivity contribution in [3.63, 3.8) is 0 Å². The average Bonchev–Trinajstić information content (AvgIpc) is 3.25. The summed E-state index contributed by atoms with van der Waals surface area (Å²) in [6.45, 7) is 0. The molecule has 27 heavy (non-hydrogen) atoms. The first-order chi connectivity index (χ1) is 13.1. The molecule has 1 aliphatic heterocycles. The molecule has 2 heterocycles. The van der Waals surface area contributed by atoms with Crippen molar-refractivity contribution in [3.05, 3.63) is 59.0 Å². The largest absolute Gasteiger partial charge is 0.508 e. The molecule has 0 atom stereocenters. The highest BCUT2D eigenvalue weighted by atomic mass is 32.2. The Bertz CT molecular complexity index is 1070. The summed E-state index contributed by atoms with van der Waals surface area (Å²) in [6.07, 6.45) is 1.61. The number of aromatic nitrogens is 2. The van der Waals surface area contributed by atoms with E-state index in [1.807, 2.05) is 0 Å². The van der Waals surface area contributed by atoms with E-state index in [1.165, 1.54) is 23.1 Å². The monoisotopic (exact) mass is 396 g/mol. The minimum absolute atomic E-state index is 0.103. The second-order valence-electron chi connectivity index (χ2n) is 5.48. The van der Waals surface area contributed by atoms with Crippen molar-refractivity contribution in [1.29, 1.82) is 0 Å². The van der Waals surface area contributed by atoms with Crippen molar-refractivity contribution in [3.8, 4) is 22.1 Å². The third-order valence-corrected chi connectivity index (χ3v) is 5.38. The van der Waals surface area contributed by atoms with Gasteiger partial charge in [0.25, 0.3) is 5.91 Å². The van der Waals surface area contributed by atoms with E-state index in [2.05, 4.69) is 20.5 Å². The number of amides is 1. The van der Waals surface area contributed by atoms with Gasteiger partial charge in [0.15, 0.2) is 5.17 Å². The number of aromatic hydroxyl groups is 2. The molecule has 134 valence electrons. The Morgan fingerprint density at radius 3 is 2.59 bits per heavy atom. The first kappa shape index (κ1) is 17.3. The van der Waals surface area contributed by atoms with E-state index in [-0.39, 0.29) is 17.4 Å². The second-order valence-corrected chi connectivity index (χ2v) is 7.46. The topological polar surface area (TPSA) is 108 Å². The number of benzene rings is 2. The molecule has 1 aliphatic rings. The van der Waals surface area contributed by atoms with Gasteiger partial charge in [-0.2, -0.15) is 4.99 Å². The van der Waals surface area contributed by atoms with E-state index >= 15 is 0 Å². The first-order valence-electron chi connectivity index (χ1n) is 7.79. The molecule has 0 aliphatic carbocycles. The number of para-hydroxylation sites is 1. The number of phenols is 2. The lowest BCUT2D eigenvalue weighted by Crippen LogP contribution is -2.19. The Balaban J connectivity index is 1.55. The molecular formula is C18H12N4O3S2. The molecule has 1 fully saturated rings. The lowest BCUT2D eigenvalue weighted by Gasteiger charge is -1.97. The van der Waals surface area contributed by atoms with Crippen molar-refractivity contribution < 1.29 is 15.0 Å². The second kappa shape index (κ2) is 7.22. The van der Waals surface area contributed by atoms with E-state index in [0.717, 1.165) is 5.56 Å². The standard InChI is InChI=1S/C18H12N4O3S2/c23-12-7-5-10(6-8-12)16-21-22-18(27-16)20-17-19-15(25)14(26-17)9-11-3-1-2-4-13(11)24/h1-9,23-24H,(H,19,20,22,25)/b14-9-. The number of thioether (sulfide) groups is 1. The summed E-state index contributed by atoms with van der Waals surface area (Å²) in [4.78, 5) is 16.9. The van der Waals surface area contributed by atoms with Crippen molar-refractivity contribution in [2.45, 2.75) is 0 Å². The van der Waals surface area contributed by atoms with Gasteiger partial charge in [-0.3, -0.25) is 4.79 Å². The fourth-order valence-electron chi connectivity index (χ4n) is 2.30. The summed E-state index contributed by atoms with van der Waals surface area (Å²) >= 11 is 2.44. The maximum atomic E-state index is 12.1. The number of rotatable bonds is 3. The van der Waals surface area contributed by atoms with Crippen LogP contribution in [0.15, 0.2) is 58.4 Å². The minimum Gasteiger partial charge on any atom is -0.508 e. The highest BCUT2D eigenvalue weighted by Gasteiger charge is 2.24. The Morgan fingerprint density at radius 1 is 1.04 bits per heavy atom. The van der Waals surface area contributed by atoms with Crippen LogP contribution < -0.4 is 5.32 Å². The molecule has 0 radical (unpaired) electrons. The van der Waals surface area contributed by atoms with Gasteiger partial charge in [0, 0.05) is 11.1 Å². The van der Waals surface area contributed by atoms with Gasteiger partial charge in [0.1, 0.15) is 16.5 Å². The van der Waals surface area contributed by atoms with E-state index in [0.29, 0.717) is 25.8 Å². The molecule has 4 rings (SSSR count). The SMILES string of the molecule is O=C1N/C(=N\c2nnc(-c3ccc(O)cc3)s2)S/C1=C\c1ccccc1O. The molecule has 3 aromatic rings. The lowest BCUT2D eigenvalue weighted by atomic mass is 10.2. The number of hydrogen-bond acceptors (Lipinski definition) is 8. The fraction of sp³-hybridized carbons (Fsp3) is 0. The Hall–Kier alpha value is -3.17. The number of carbonyl (C=O) groups is 1. The quantitative estimate of drug-likeness (QED) is 0.585. The van der Waals surface area contributed by atoms with Crippen LogP contribution in [0.1, 0.15) is 5.56 Å². The molecule has 0 unspecified atom stereocenters. The third-order valence-electron chi connectivity index (χ3n) is 3.60. The normalized spacial score (nSPS) is 16.8. The van der Waals surface area contributed by atoms with Gasteiger partial charge in [-0.25, -0.2) is 0 Å². The molecular weight excluding hydrogens is 384 g/mol. The molecule has 1 amide bonds. The van der Waals surface area contributed by atoms with Gasteiger partial charge >= 0.3 is 0 Å². The molecule has 0 bridgehead atoms. The van der Waals surface area contributed by atoms with Crippen LogP contribution in [0.3, 0.4) is 0 Å². The van der Waals surface area contributed by atoms with E-state index in [4.69, 9.17) is 0 Å². The molecule has 2 aromatic carbocycles. The molecule has 1 saturated heterocycles. The molecule has 3 N–H and O–H groups in total.